The largest absolute Gasteiger partial charge is 0.465 e. The Hall–Kier alpha value is -1.78. The molecule has 0 aliphatic heterocycles. The lowest BCUT2D eigenvalue weighted by Crippen LogP contribution is -2.34. The lowest BCUT2D eigenvalue weighted by molar-refractivity contribution is 0.0939. The highest BCUT2D eigenvalue weighted by Crippen LogP contribution is 2.20. The van der Waals surface area contributed by atoms with Crippen LogP contribution in [0.4, 0.5) is 0 Å². The van der Waals surface area contributed by atoms with Gasteiger partial charge in [-0.25, -0.2) is 0 Å². The molecule has 0 radical (unpaired) electrons. The fraction of sp³-hybridized carbons (Fsp3) is 0.312. The van der Waals surface area contributed by atoms with Crippen LogP contribution in [0.15, 0.2) is 40.8 Å². The first kappa shape index (κ1) is 15.6. The number of furan rings is 1. The third-order valence-electron chi connectivity index (χ3n) is 3.28. The normalized spacial score (nSPS) is 12.4. The van der Waals surface area contributed by atoms with Crippen LogP contribution in [0.3, 0.4) is 0 Å². The molecule has 0 spiro atoms. The van der Waals surface area contributed by atoms with E-state index >= 15 is 0 Å². The Bertz CT molecular complexity index is 605. The molecule has 0 bridgehead atoms. The van der Waals surface area contributed by atoms with Gasteiger partial charge in [-0.3, -0.25) is 9.69 Å². The van der Waals surface area contributed by atoms with Crippen molar-refractivity contribution in [1.82, 2.24) is 10.2 Å². The number of benzene rings is 1. The average molecular weight is 307 g/mol. The minimum atomic E-state index is -0.123. The van der Waals surface area contributed by atoms with Crippen LogP contribution < -0.4 is 5.32 Å². The van der Waals surface area contributed by atoms with Gasteiger partial charge in [0.1, 0.15) is 11.5 Å². The number of amides is 1. The van der Waals surface area contributed by atoms with E-state index < -0.39 is 0 Å². The maximum Gasteiger partial charge on any atom is 0.251 e. The van der Waals surface area contributed by atoms with Crippen LogP contribution in [0.2, 0.25) is 5.02 Å². The van der Waals surface area contributed by atoms with Gasteiger partial charge in [-0.15, -0.1) is 0 Å². The summed E-state index contributed by atoms with van der Waals surface area (Å²) < 4.78 is 5.65. The van der Waals surface area contributed by atoms with Gasteiger partial charge in [0, 0.05) is 17.1 Å². The molecule has 1 N–H and O–H groups in total. The number of rotatable bonds is 5. The fourth-order valence-corrected chi connectivity index (χ4v) is 2.19. The smallest absolute Gasteiger partial charge is 0.251 e. The van der Waals surface area contributed by atoms with E-state index in [2.05, 4.69) is 5.32 Å². The molecule has 2 rings (SSSR count). The minimum Gasteiger partial charge on any atom is -0.465 e. The monoisotopic (exact) mass is 306 g/mol. The van der Waals surface area contributed by atoms with Crippen molar-refractivity contribution in [3.8, 4) is 0 Å². The topological polar surface area (TPSA) is 45.5 Å². The summed E-state index contributed by atoms with van der Waals surface area (Å²) >= 11 is 5.82. The van der Waals surface area contributed by atoms with Crippen molar-refractivity contribution in [3.63, 3.8) is 0 Å². The van der Waals surface area contributed by atoms with Crippen molar-refractivity contribution in [1.29, 1.82) is 0 Å². The highest BCUT2D eigenvalue weighted by atomic mass is 35.5. The molecule has 1 atom stereocenters. The zero-order valence-corrected chi connectivity index (χ0v) is 13.1. The molecule has 0 aliphatic rings. The Balaban J connectivity index is 2.02. The molecule has 0 saturated carbocycles. The van der Waals surface area contributed by atoms with E-state index in [9.17, 15) is 4.79 Å². The van der Waals surface area contributed by atoms with Gasteiger partial charge >= 0.3 is 0 Å². The number of hydrogen-bond acceptors (Lipinski definition) is 3. The summed E-state index contributed by atoms with van der Waals surface area (Å²) in [6.07, 6.45) is 0. The SMILES string of the molecule is Cc1ccc([C@@H](CNC(=O)c2ccc(Cl)cc2)N(C)C)o1. The number of nitrogens with zero attached hydrogens (tertiary/aromatic N) is 1. The Kier molecular flexibility index (Phi) is 5.04. The first-order chi connectivity index (χ1) is 9.97. The molecule has 5 heteroatoms. The molecule has 21 heavy (non-hydrogen) atoms. The van der Waals surface area contributed by atoms with E-state index in [0.717, 1.165) is 11.5 Å². The zero-order chi connectivity index (χ0) is 15.4. The van der Waals surface area contributed by atoms with Gasteiger partial charge in [-0.1, -0.05) is 11.6 Å². The predicted molar refractivity (Wildman–Crippen MR) is 83.7 cm³/mol. The Labute approximate surface area is 129 Å². The lowest BCUT2D eigenvalue weighted by atomic mass is 10.2. The molecule has 1 aromatic carbocycles. The van der Waals surface area contributed by atoms with Crippen LogP contribution in [0, 0.1) is 6.92 Å². The highest BCUT2D eigenvalue weighted by molar-refractivity contribution is 6.30. The molecule has 1 aromatic heterocycles. The summed E-state index contributed by atoms with van der Waals surface area (Å²) in [6, 6.07) is 10.7. The van der Waals surface area contributed by atoms with Crippen LogP contribution >= 0.6 is 11.6 Å². The van der Waals surface area contributed by atoms with E-state index in [0.29, 0.717) is 17.1 Å². The van der Waals surface area contributed by atoms with Crippen LogP contribution in [-0.2, 0) is 0 Å². The van der Waals surface area contributed by atoms with Crippen LogP contribution in [0.1, 0.15) is 27.9 Å². The predicted octanol–water partition coefficient (Wildman–Crippen LogP) is 3.27. The summed E-state index contributed by atoms with van der Waals surface area (Å²) in [6.45, 7) is 2.38. The fourth-order valence-electron chi connectivity index (χ4n) is 2.06. The molecule has 112 valence electrons. The Morgan fingerprint density at radius 1 is 1.24 bits per heavy atom. The van der Waals surface area contributed by atoms with Gasteiger partial charge < -0.3 is 9.73 Å². The third-order valence-corrected chi connectivity index (χ3v) is 3.53. The van der Waals surface area contributed by atoms with E-state index in [4.69, 9.17) is 16.0 Å². The van der Waals surface area contributed by atoms with Gasteiger partial charge in [0.25, 0.3) is 5.91 Å². The van der Waals surface area contributed by atoms with Crippen LogP contribution in [0.5, 0.6) is 0 Å². The molecule has 0 aliphatic carbocycles. The first-order valence-corrected chi connectivity index (χ1v) is 7.11. The quantitative estimate of drug-likeness (QED) is 0.922. The molecule has 1 amide bonds. The van der Waals surface area contributed by atoms with Crippen molar-refractivity contribution in [2.45, 2.75) is 13.0 Å². The van der Waals surface area contributed by atoms with Crippen molar-refractivity contribution in [2.24, 2.45) is 0 Å². The molecule has 4 nitrogen and oxygen atoms in total. The van der Waals surface area contributed by atoms with Crippen molar-refractivity contribution >= 4 is 17.5 Å². The molecular formula is C16H19ClN2O2. The number of aryl methyl sites for hydroxylation is 1. The van der Waals surface area contributed by atoms with Gasteiger partial charge in [0.15, 0.2) is 0 Å². The maximum absolute atomic E-state index is 12.1. The van der Waals surface area contributed by atoms with Gasteiger partial charge in [0.05, 0.1) is 6.04 Å². The van der Waals surface area contributed by atoms with Crippen molar-refractivity contribution in [2.75, 3.05) is 20.6 Å². The minimum absolute atomic E-state index is 0.00468. The third kappa shape index (κ3) is 4.09. The van der Waals surface area contributed by atoms with Crippen molar-refractivity contribution < 1.29 is 9.21 Å². The maximum atomic E-state index is 12.1. The summed E-state index contributed by atoms with van der Waals surface area (Å²) in [7, 11) is 3.91. The van der Waals surface area contributed by atoms with Gasteiger partial charge in [-0.2, -0.15) is 0 Å². The standard InChI is InChI=1S/C16H19ClN2O2/c1-11-4-9-15(21-11)14(19(2)3)10-18-16(20)12-5-7-13(17)8-6-12/h4-9,14H,10H2,1-3H3,(H,18,20)/t14-/m1/s1. The van der Waals surface area contributed by atoms with Crippen LogP contribution in [-0.4, -0.2) is 31.4 Å². The average Bonchev–Trinajstić information content (AvgIpc) is 2.85. The van der Waals surface area contributed by atoms with E-state index in [1.807, 2.05) is 38.1 Å². The number of likely N-dealkylation sites (N-methyl/N-ethyl adjacent to an activating group) is 1. The summed E-state index contributed by atoms with van der Waals surface area (Å²) in [4.78, 5) is 14.1. The number of carbonyl (C=O) groups excluding carboxylic acids is 1. The van der Waals surface area contributed by atoms with Gasteiger partial charge in [0.2, 0.25) is 0 Å². The number of carbonyl (C=O) groups is 1. The van der Waals surface area contributed by atoms with Crippen molar-refractivity contribution in [3.05, 3.63) is 58.5 Å². The Morgan fingerprint density at radius 3 is 2.43 bits per heavy atom. The second-order valence-corrected chi connectivity index (χ2v) is 5.58. The summed E-state index contributed by atoms with van der Waals surface area (Å²) in [5.41, 5.74) is 0.590. The second-order valence-electron chi connectivity index (χ2n) is 5.14. The number of halogens is 1. The summed E-state index contributed by atoms with van der Waals surface area (Å²) in [5.74, 6) is 1.58. The first-order valence-electron chi connectivity index (χ1n) is 6.74. The van der Waals surface area contributed by atoms with E-state index in [1.54, 1.807) is 24.3 Å². The second kappa shape index (κ2) is 6.78. The number of hydrogen-bond donors (Lipinski definition) is 1. The molecule has 1 heterocycles. The summed E-state index contributed by atoms with van der Waals surface area (Å²) in [5, 5.41) is 3.54. The van der Waals surface area contributed by atoms with Gasteiger partial charge in [-0.05, 0) is 57.4 Å². The molecular weight excluding hydrogens is 288 g/mol. The molecule has 2 aromatic rings. The molecule has 0 fully saturated rings. The van der Waals surface area contributed by atoms with Crippen LogP contribution in [0.25, 0.3) is 0 Å². The Morgan fingerprint density at radius 2 is 1.90 bits per heavy atom. The highest BCUT2D eigenvalue weighted by Gasteiger charge is 2.18. The molecule has 0 unspecified atom stereocenters. The lowest BCUT2D eigenvalue weighted by Gasteiger charge is -2.22. The molecule has 0 saturated heterocycles. The van der Waals surface area contributed by atoms with E-state index in [1.165, 1.54) is 0 Å². The van der Waals surface area contributed by atoms with E-state index in [-0.39, 0.29) is 11.9 Å². The zero-order valence-electron chi connectivity index (χ0n) is 12.4. The number of nitrogens with one attached hydrogen (secondary N) is 1.